The SMILES string of the molecule is CNc1c(S(C)(=O)=O)ccc(C(=N)c2c[nH]n(C)c2=O)c1C. The van der Waals surface area contributed by atoms with Crippen LogP contribution in [0.3, 0.4) is 0 Å². The molecule has 22 heavy (non-hydrogen) atoms. The van der Waals surface area contributed by atoms with Crippen molar-refractivity contribution in [2.24, 2.45) is 7.05 Å². The van der Waals surface area contributed by atoms with E-state index in [0.717, 1.165) is 6.26 Å². The summed E-state index contributed by atoms with van der Waals surface area (Å²) in [5.74, 6) is 0. The summed E-state index contributed by atoms with van der Waals surface area (Å²) in [5, 5.41) is 13.8. The van der Waals surface area contributed by atoms with Crippen molar-refractivity contribution in [3.05, 3.63) is 45.4 Å². The van der Waals surface area contributed by atoms with Crippen molar-refractivity contribution in [1.29, 1.82) is 5.41 Å². The molecule has 0 unspecified atom stereocenters. The zero-order chi connectivity index (χ0) is 16.7. The highest BCUT2D eigenvalue weighted by atomic mass is 32.2. The predicted octanol–water partition coefficient (Wildman–Crippen LogP) is 0.883. The van der Waals surface area contributed by atoms with E-state index in [9.17, 15) is 13.2 Å². The minimum absolute atomic E-state index is 0.0518. The minimum Gasteiger partial charge on any atom is -0.387 e. The number of anilines is 1. The van der Waals surface area contributed by atoms with Gasteiger partial charge in [-0.3, -0.25) is 14.9 Å². The molecule has 1 aromatic heterocycles. The summed E-state index contributed by atoms with van der Waals surface area (Å²) >= 11 is 0. The van der Waals surface area contributed by atoms with Gasteiger partial charge in [-0.1, -0.05) is 6.07 Å². The highest BCUT2D eigenvalue weighted by molar-refractivity contribution is 7.90. The molecule has 2 rings (SSSR count). The van der Waals surface area contributed by atoms with Gasteiger partial charge in [-0.15, -0.1) is 0 Å². The molecule has 7 nitrogen and oxygen atoms in total. The van der Waals surface area contributed by atoms with Crippen LogP contribution in [0.25, 0.3) is 0 Å². The predicted molar refractivity (Wildman–Crippen MR) is 85.8 cm³/mol. The Bertz CT molecular complexity index is 907. The van der Waals surface area contributed by atoms with Crippen LogP contribution in [-0.2, 0) is 16.9 Å². The van der Waals surface area contributed by atoms with Crippen molar-refractivity contribution < 1.29 is 8.42 Å². The quantitative estimate of drug-likeness (QED) is 0.726. The number of aromatic amines is 1. The van der Waals surface area contributed by atoms with Crippen molar-refractivity contribution in [1.82, 2.24) is 9.78 Å². The van der Waals surface area contributed by atoms with Crippen molar-refractivity contribution in [2.75, 3.05) is 18.6 Å². The summed E-state index contributed by atoms with van der Waals surface area (Å²) in [6, 6.07) is 3.01. The van der Waals surface area contributed by atoms with Crippen molar-refractivity contribution in [3.8, 4) is 0 Å². The number of benzene rings is 1. The number of nitrogens with zero attached hydrogens (tertiary/aromatic N) is 1. The molecule has 0 amide bonds. The van der Waals surface area contributed by atoms with E-state index in [1.54, 1.807) is 27.1 Å². The van der Waals surface area contributed by atoms with E-state index < -0.39 is 9.84 Å². The zero-order valence-electron chi connectivity index (χ0n) is 12.8. The highest BCUT2D eigenvalue weighted by Crippen LogP contribution is 2.28. The standard InChI is InChI=1S/C14H18N4O3S/c1-8-9(12(15)10-7-17-18(3)14(10)19)5-6-11(13(8)16-2)22(4,20)21/h5-7,15-17H,1-4H3. The second-order valence-electron chi connectivity index (χ2n) is 5.06. The van der Waals surface area contributed by atoms with E-state index in [4.69, 9.17) is 5.41 Å². The molecule has 3 N–H and O–H groups in total. The van der Waals surface area contributed by atoms with Gasteiger partial charge in [-0.05, 0) is 18.6 Å². The number of hydrogen-bond donors (Lipinski definition) is 3. The summed E-state index contributed by atoms with van der Waals surface area (Å²) in [4.78, 5) is 12.1. The van der Waals surface area contributed by atoms with Gasteiger partial charge in [0.2, 0.25) is 0 Å². The lowest BCUT2D eigenvalue weighted by molar-refractivity contribution is 0.602. The molecule has 0 aliphatic rings. The Morgan fingerprint density at radius 3 is 2.41 bits per heavy atom. The van der Waals surface area contributed by atoms with E-state index >= 15 is 0 Å². The van der Waals surface area contributed by atoms with Gasteiger partial charge in [0.25, 0.3) is 5.56 Å². The number of hydrogen-bond acceptors (Lipinski definition) is 5. The van der Waals surface area contributed by atoms with E-state index in [1.165, 1.54) is 16.9 Å². The van der Waals surface area contributed by atoms with Crippen LogP contribution >= 0.6 is 0 Å². The number of aryl methyl sites for hydroxylation is 1. The number of nitrogens with one attached hydrogen (secondary N) is 3. The van der Waals surface area contributed by atoms with E-state index in [-0.39, 0.29) is 21.7 Å². The van der Waals surface area contributed by atoms with Gasteiger partial charge in [0.05, 0.1) is 21.9 Å². The smallest absolute Gasteiger partial charge is 0.275 e. The number of sulfone groups is 1. The van der Waals surface area contributed by atoms with Gasteiger partial charge in [0.15, 0.2) is 9.84 Å². The Kier molecular flexibility index (Phi) is 3.97. The van der Waals surface area contributed by atoms with Gasteiger partial charge in [-0.2, -0.15) is 0 Å². The van der Waals surface area contributed by atoms with Crippen molar-refractivity contribution in [3.63, 3.8) is 0 Å². The lowest BCUT2D eigenvalue weighted by Gasteiger charge is -2.15. The van der Waals surface area contributed by atoms with Gasteiger partial charge in [0, 0.05) is 32.1 Å². The molecule has 1 heterocycles. The monoisotopic (exact) mass is 322 g/mol. The minimum atomic E-state index is -3.38. The Balaban J connectivity index is 2.66. The zero-order valence-corrected chi connectivity index (χ0v) is 13.6. The van der Waals surface area contributed by atoms with Crippen LogP contribution in [0, 0.1) is 12.3 Å². The molecule has 0 atom stereocenters. The van der Waals surface area contributed by atoms with Crippen LogP contribution in [0.15, 0.2) is 28.0 Å². The van der Waals surface area contributed by atoms with Crippen LogP contribution in [0.4, 0.5) is 5.69 Å². The van der Waals surface area contributed by atoms with Gasteiger partial charge in [0.1, 0.15) is 0 Å². The van der Waals surface area contributed by atoms with Crippen LogP contribution in [0.5, 0.6) is 0 Å². The van der Waals surface area contributed by atoms with E-state index in [0.29, 0.717) is 16.8 Å². The lowest BCUT2D eigenvalue weighted by atomic mass is 9.99. The first-order valence-electron chi connectivity index (χ1n) is 6.53. The van der Waals surface area contributed by atoms with Crippen molar-refractivity contribution in [2.45, 2.75) is 11.8 Å². The molecule has 0 aliphatic heterocycles. The van der Waals surface area contributed by atoms with Crippen LogP contribution in [0.1, 0.15) is 16.7 Å². The van der Waals surface area contributed by atoms with Gasteiger partial charge < -0.3 is 10.4 Å². The second kappa shape index (κ2) is 5.45. The summed E-state index contributed by atoms with van der Waals surface area (Å²) in [6.07, 6.45) is 2.60. The lowest BCUT2D eigenvalue weighted by Crippen LogP contribution is -2.20. The van der Waals surface area contributed by atoms with Crippen molar-refractivity contribution >= 4 is 21.2 Å². The fraction of sp³-hybridized carbons (Fsp3) is 0.286. The van der Waals surface area contributed by atoms with Gasteiger partial charge in [-0.25, -0.2) is 8.42 Å². The maximum atomic E-state index is 12.0. The molecule has 118 valence electrons. The largest absolute Gasteiger partial charge is 0.387 e. The molecule has 2 aromatic rings. The van der Waals surface area contributed by atoms with E-state index in [2.05, 4.69) is 10.4 Å². The molecule has 0 aliphatic carbocycles. The van der Waals surface area contributed by atoms with Crippen LogP contribution in [0.2, 0.25) is 0 Å². The van der Waals surface area contributed by atoms with Crippen LogP contribution < -0.4 is 10.9 Å². The highest BCUT2D eigenvalue weighted by Gasteiger charge is 2.20. The second-order valence-corrected chi connectivity index (χ2v) is 7.04. The molecule has 1 aromatic carbocycles. The maximum absolute atomic E-state index is 12.0. The summed E-state index contributed by atoms with van der Waals surface area (Å²) < 4.78 is 24.9. The maximum Gasteiger partial charge on any atom is 0.275 e. The number of H-pyrrole nitrogens is 1. The summed E-state index contributed by atoms with van der Waals surface area (Å²) in [5.41, 5.74) is 1.54. The molecule has 0 fully saturated rings. The molecule has 8 heteroatoms. The molecule has 0 bridgehead atoms. The molecule has 0 saturated heterocycles. The molecule has 0 radical (unpaired) electrons. The Morgan fingerprint density at radius 2 is 1.95 bits per heavy atom. The first kappa shape index (κ1) is 16.0. The molecular weight excluding hydrogens is 304 g/mol. The third kappa shape index (κ3) is 2.57. The summed E-state index contributed by atoms with van der Waals surface area (Å²) in [7, 11) is -0.192. The third-order valence-corrected chi connectivity index (χ3v) is 4.69. The molecular formula is C14H18N4O3S. The topological polar surface area (TPSA) is 108 Å². The fourth-order valence-corrected chi connectivity index (χ4v) is 3.31. The first-order chi connectivity index (χ1) is 10.2. The molecule has 0 saturated carbocycles. The average molecular weight is 322 g/mol. The first-order valence-corrected chi connectivity index (χ1v) is 8.42. The Hall–Kier alpha value is -2.35. The van der Waals surface area contributed by atoms with E-state index in [1.807, 2.05) is 0 Å². The third-order valence-electron chi connectivity index (χ3n) is 3.55. The summed E-state index contributed by atoms with van der Waals surface area (Å²) in [6.45, 7) is 1.72. The van der Waals surface area contributed by atoms with Gasteiger partial charge >= 0.3 is 0 Å². The normalized spacial score (nSPS) is 11.5. The number of aromatic nitrogens is 2. The van der Waals surface area contributed by atoms with Crippen LogP contribution in [-0.4, -0.2) is 37.2 Å². The average Bonchev–Trinajstić information content (AvgIpc) is 2.77. The Labute approximate surface area is 128 Å². The molecule has 0 spiro atoms. The Morgan fingerprint density at radius 1 is 1.32 bits per heavy atom. The number of rotatable bonds is 4. The fourth-order valence-electron chi connectivity index (χ4n) is 2.36.